The van der Waals surface area contributed by atoms with Crippen molar-refractivity contribution in [2.45, 2.75) is 25.8 Å². The summed E-state index contributed by atoms with van der Waals surface area (Å²) in [5.41, 5.74) is 6.29. The third-order valence-electron chi connectivity index (χ3n) is 1.83. The summed E-state index contributed by atoms with van der Waals surface area (Å²) in [6.45, 7) is 1.81. The zero-order chi connectivity index (χ0) is 9.84. The molecule has 0 amide bonds. The van der Waals surface area contributed by atoms with E-state index in [4.69, 9.17) is 5.73 Å². The third-order valence-corrected chi connectivity index (χ3v) is 1.83. The van der Waals surface area contributed by atoms with Gasteiger partial charge in [0.15, 0.2) is 0 Å². The molecule has 1 atom stereocenters. The fourth-order valence-electron chi connectivity index (χ4n) is 1.28. The minimum Gasteiger partial charge on any atom is -0.328 e. The molecule has 1 rings (SSSR count). The maximum absolute atomic E-state index is 12.4. The lowest BCUT2D eigenvalue weighted by atomic mass is 10.0. The fraction of sp³-hybridized carbons (Fsp3) is 0.400. The van der Waals surface area contributed by atoms with Gasteiger partial charge < -0.3 is 5.73 Å². The predicted molar refractivity (Wildman–Crippen MR) is 48.8 cm³/mol. The van der Waals surface area contributed by atoms with E-state index in [9.17, 15) is 8.78 Å². The summed E-state index contributed by atoms with van der Waals surface area (Å²) in [6, 6.07) is 6.43. The monoisotopic (exact) mass is 185 g/mol. The van der Waals surface area contributed by atoms with Gasteiger partial charge in [-0.25, -0.2) is 8.78 Å². The van der Waals surface area contributed by atoms with Crippen LogP contribution in [-0.2, 0) is 6.42 Å². The number of nitrogens with two attached hydrogens (primary N) is 1. The van der Waals surface area contributed by atoms with E-state index in [0.717, 1.165) is 0 Å². The van der Waals surface area contributed by atoms with E-state index in [1.165, 1.54) is 6.07 Å². The molecule has 1 unspecified atom stereocenters. The molecule has 0 radical (unpaired) electrons. The van der Waals surface area contributed by atoms with Gasteiger partial charge in [-0.15, -0.1) is 0 Å². The molecule has 0 aromatic heterocycles. The number of benzene rings is 1. The average molecular weight is 185 g/mol. The molecule has 0 fully saturated rings. The SMILES string of the molecule is CC(N)Cc1ccccc1C(F)F. The lowest BCUT2D eigenvalue weighted by Gasteiger charge is -2.10. The van der Waals surface area contributed by atoms with Crippen LogP contribution >= 0.6 is 0 Å². The van der Waals surface area contributed by atoms with Crippen LogP contribution in [0.15, 0.2) is 24.3 Å². The Bertz CT molecular complexity index is 271. The highest BCUT2D eigenvalue weighted by Crippen LogP contribution is 2.23. The van der Waals surface area contributed by atoms with Crippen LogP contribution in [0.25, 0.3) is 0 Å². The molecule has 1 aromatic carbocycles. The third kappa shape index (κ3) is 2.77. The minimum absolute atomic E-state index is 0.0834. The van der Waals surface area contributed by atoms with E-state index in [1.54, 1.807) is 18.2 Å². The Morgan fingerprint density at radius 1 is 1.31 bits per heavy atom. The van der Waals surface area contributed by atoms with Crippen molar-refractivity contribution in [3.63, 3.8) is 0 Å². The highest BCUT2D eigenvalue weighted by atomic mass is 19.3. The Morgan fingerprint density at radius 2 is 1.92 bits per heavy atom. The summed E-state index contributed by atoms with van der Waals surface area (Å²) >= 11 is 0. The molecular formula is C10H13F2N. The van der Waals surface area contributed by atoms with Gasteiger partial charge in [-0.05, 0) is 18.9 Å². The van der Waals surface area contributed by atoms with Crippen molar-refractivity contribution in [1.82, 2.24) is 0 Å². The van der Waals surface area contributed by atoms with Gasteiger partial charge in [0.2, 0.25) is 0 Å². The standard InChI is InChI=1S/C10H13F2N/c1-7(13)6-8-4-2-3-5-9(8)10(11)12/h2-5,7,10H,6,13H2,1H3. The summed E-state index contributed by atoms with van der Waals surface area (Å²) < 4.78 is 24.9. The molecule has 0 aliphatic rings. The summed E-state index contributed by atoms with van der Waals surface area (Å²) in [6.07, 6.45) is -1.91. The number of rotatable bonds is 3. The van der Waals surface area contributed by atoms with Gasteiger partial charge >= 0.3 is 0 Å². The van der Waals surface area contributed by atoms with E-state index in [2.05, 4.69) is 0 Å². The number of hydrogen-bond acceptors (Lipinski definition) is 1. The van der Waals surface area contributed by atoms with Crippen LogP contribution in [-0.4, -0.2) is 6.04 Å². The van der Waals surface area contributed by atoms with Crippen LogP contribution in [0.3, 0.4) is 0 Å². The van der Waals surface area contributed by atoms with Crippen molar-refractivity contribution in [2.24, 2.45) is 5.73 Å². The molecule has 0 saturated heterocycles. The van der Waals surface area contributed by atoms with Crippen molar-refractivity contribution in [3.8, 4) is 0 Å². The zero-order valence-electron chi connectivity index (χ0n) is 7.50. The zero-order valence-corrected chi connectivity index (χ0v) is 7.50. The molecule has 72 valence electrons. The van der Waals surface area contributed by atoms with E-state index in [-0.39, 0.29) is 11.6 Å². The van der Waals surface area contributed by atoms with Crippen LogP contribution < -0.4 is 5.73 Å². The number of hydrogen-bond donors (Lipinski definition) is 1. The topological polar surface area (TPSA) is 26.0 Å². The molecule has 0 aliphatic heterocycles. The van der Waals surface area contributed by atoms with Gasteiger partial charge in [-0.3, -0.25) is 0 Å². The molecule has 0 aliphatic carbocycles. The number of alkyl halides is 2. The average Bonchev–Trinajstić information content (AvgIpc) is 2.03. The Kier molecular flexibility index (Phi) is 3.37. The normalized spacial score (nSPS) is 13.3. The Morgan fingerprint density at radius 3 is 2.46 bits per heavy atom. The first kappa shape index (κ1) is 10.1. The molecule has 0 bridgehead atoms. The number of halogens is 2. The Hall–Kier alpha value is -0.960. The van der Waals surface area contributed by atoms with E-state index in [0.29, 0.717) is 12.0 Å². The van der Waals surface area contributed by atoms with Crippen molar-refractivity contribution >= 4 is 0 Å². The second kappa shape index (κ2) is 4.33. The van der Waals surface area contributed by atoms with Gasteiger partial charge in [-0.1, -0.05) is 24.3 Å². The Balaban J connectivity index is 2.91. The molecular weight excluding hydrogens is 172 g/mol. The second-order valence-electron chi connectivity index (χ2n) is 3.18. The van der Waals surface area contributed by atoms with E-state index >= 15 is 0 Å². The second-order valence-corrected chi connectivity index (χ2v) is 3.18. The van der Waals surface area contributed by atoms with Crippen LogP contribution in [0.4, 0.5) is 8.78 Å². The lowest BCUT2D eigenvalue weighted by Crippen LogP contribution is -2.18. The van der Waals surface area contributed by atoms with Gasteiger partial charge in [0.1, 0.15) is 0 Å². The minimum atomic E-state index is -2.41. The highest BCUT2D eigenvalue weighted by Gasteiger charge is 2.12. The smallest absolute Gasteiger partial charge is 0.264 e. The molecule has 1 nitrogen and oxygen atoms in total. The maximum atomic E-state index is 12.4. The lowest BCUT2D eigenvalue weighted by molar-refractivity contribution is 0.150. The quantitative estimate of drug-likeness (QED) is 0.769. The highest BCUT2D eigenvalue weighted by molar-refractivity contribution is 5.28. The summed E-state index contributed by atoms with van der Waals surface area (Å²) in [7, 11) is 0. The van der Waals surface area contributed by atoms with Crippen molar-refractivity contribution < 1.29 is 8.78 Å². The summed E-state index contributed by atoms with van der Waals surface area (Å²) in [5, 5.41) is 0. The van der Waals surface area contributed by atoms with Crippen molar-refractivity contribution in [3.05, 3.63) is 35.4 Å². The predicted octanol–water partition coefficient (Wildman–Crippen LogP) is 2.51. The molecule has 0 heterocycles. The largest absolute Gasteiger partial charge is 0.328 e. The van der Waals surface area contributed by atoms with E-state index in [1.807, 2.05) is 6.92 Å². The van der Waals surface area contributed by atoms with Gasteiger partial charge in [-0.2, -0.15) is 0 Å². The van der Waals surface area contributed by atoms with E-state index < -0.39 is 6.43 Å². The van der Waals surface area contributed by atoms with Gasteiger partial charge in [0.05, 0.1) is 0 Å². The summed E-state index contributed by atoms with van der Waals surface area (Å²) in [4.78, 5) is 0. The molecule has 13 heavy (non-hydrogen) atoms. The first-order chi connectivity index (χ1) is 6.11. The summed E-state index contributed by atoms with van der Waals surface area (Å²) in [5.74, 6) is 0. The fourth-order valence-corrected chi connectivity index (χ4v) is 1.28. The Labute approximate surface area is 76.6 Å². The van der Waals surface area contributed by atoms with Crippen molar-refractivity contribution in [1.29, 1.82) is 0 Å². The molecule has 0 spiro atoms. The molecule has 2 N–H and O–H groups in total. The van der Waals surface area contributed by atoms with Crippen LogP contribution in [0, 0.1) is 0 Å². The van der Waals surface area contributed by atoms with Crippen molar-refractivity contribution in [2.75, 3.05) is 0 Å². The van der Waals surface area contributed by atoms with Gasteiger partial charge in [0, 0.05) is 11.6 Å². The maximum Gasteiger partial charge on any atom is 0.264 e. The van der Waals surface area contributed by atoms with Crippen LogP contribution in [0.5, 0.6) is 0 Å². The van der Waals surface area contributed by atoms with Crippen LogP contribution in [0.1, 0.15) is 24.5 Å². The molecule has 0 saturated carbocycles. The molecule has 3 heteroatoms. The first-order valence-corrected chi connectivity index (χ1v) is 4.22. The first-order valence-electron chi connectivity index (χ1n) is 4.22. The van der Waals surface area contributed by atoms with Crippen LogP contribution in [0.2, 0.25) is 0 Å². The molecule has 1 aromatic rings. The van der Waals surface area contributed by atoms with Gasteiger partial charge in [0.25, 0.3) is 6.43 Å².